The number of nitrogens with one attached hydrogen (secondary N) is 1. The van der Waals surface area contributed by atoms with E-state index in [0.29, 0.717) is 38.5 Å². The molecule has 0 radical (unpaired) electrons. The molecule has 1 saturated heterocycles. The van der Waals surface area contributed by atoms with E-state index in [1.54, 1.807) is 0 Å². The van der Waals surface area contributed by atoms with Crippen LogP contribution in [0.5, 0.6) is 5.75 Å². The highest BCUT2D eigenvalue weighted by atomic mass is 16.5. The number of aromatic amines is 1. The van der Waals surface area contributed by atoms with Gasteiger partial charge in [-0.05, 0) is 30.9 Å². The number of para-hydroxylation sites is 1. The van der Waals surface area contributed by atoms with Gasteiger partial charge in [0.05, 0.1) is 19.8 Å². The van der Waals surface area contributed by atoms with Crippen molar-refractivity contribution in [2.24, 2.45) is 0 Å². The molecule has 2 aliphatic rings. The van der Waals surface area contributed by atoms with Gasteiger partial charge in [-0.3, -0.25) is 9.89 Å². The van der Waals surface area contributed by atoms with Gasteiger partial charge in [-0.1, -0.05) is 18.2 Å². The van der Waals surface area contributed by atoms with Crippen molar-refractivity contribution in [3.8, 4) is 5.75 Å². The van der Waals surface area contributed by atoms with Crippen LogP contribution in [-0.2, 0) is 9.53 Å². The molecule has 1 aromatic heterocycles. The summed E-state index contributed by atoms with van der Waals surface area (Å²) < 4.78 is 11.4. The predicted octanol–water partition coefficient (Wildman–Crippen LogP) is 1.97. The van der Waals surface area contributed by atoms with E-state index in [2.05, 4.69) is 21.2 Å². The summed E-state index contributed by atoms with van der Waals surface area (Å²) >= 11 is 0. The Hall–Kier alpha value is -2.41. The number of fused-ring (bicyclic) bond motifs is 1. The van der Waals surface area contributed by atoms with Gasteiger partial charge in [0.25, 0.3) is 0 Å². The van der Waals surface area contributed by atoms with Gasteiger partial charge in [0.15, 0.2) is 5.82 Å². The van der Waals surface area contributed by atoms with Gasteiger partial charge < -0.3 is 14.4 Å². The third kappa shape index (κ3) is 3.37. The zero-order valence-corrected chi connectivity index (χ0v) is 14.3. The number of aromatic nitrogens is 3. The summed E-state index contributed by atoms with van der Waals surface area (Å²) in [5, 5.41) is 6.99. The van der Waals surface area contributed by atoms with E-state index >= 15 is 0 Å². The van der Waals surface area contributed by atoms with Gasteiger partial charge in [0, 0.05) is 13.0 Å². The van der Waals surface area contributed by atoms with Crippen molar-refractivity contribution in [3.05, 3.63) is 41.5 Å². The van der Waals surface area contributed by atoms with E-state index in [-0.39, 0.29) is 17.9 Å². The Balaban J connectivity index is 1.43. The van der Waals surface area contributed by atoms with Gasteiger partial charge in [-0.15, -0.1) is 0 Å². The molecule has 3 heterocycles. The number of amides is 1. The van der Waals surface area contributed by atoms with Crippen molar-refractivity contribution >= 4 is 5.91 Å². The molecule has 4 rings (SSSR count). The molecule has 2 aliphatic heterocycles. The molecular formula is C18H22N4O3. The molecule has 0 spiro atoms. The largest absolute Gasteiger partial charge is 0.493 e. The first-order valence-electron chi connectivity index (χ1n) is 8.70. The summed E-state index contributed by atoms with van der Waals surface area (Å²) in [5.74, 6) is 2.64. The minimum Gasteiger partial charge on any atom is -0.493 e. The first-order valence-corrected chi connectivity index (χ1v) is 8.70. The molecule has 7 nitrogen and oxygen atoms in total. The van der Waals surface area contributed by atoms with Gasteiger partial charge in [0.1, 0.15) is 17.7 Å². The zero-order chi connectivity index (χ0) is 17.2. The number of morpholine rings is 1. The molecule has 132 valence electrons. The summed E-state index contributed by atoms with van der Waals surface area (Å²) in [7, 11) is 0. The van der Waals surface area contributed by atoms with E-state index in [0.717, 1.165) is 23.6 Å². The molecular weight excluding hydrogens is 320 g/mol. The Kier molecular flexibility index (Phi) is 4.40. The number of hydrogen-bond acceptors (Lipinski definition) is 5. The van der Waals surface area contributed by atoms with Crippen LogP contribution in [0.15, 0.2) is 24.3 Å². The molecule has 2 aromatic rings. The van der Waals surface area contributed by atoms with Crippen molar-refractivity contribution in [1.82, 2.24) is 20.1 Å². The van der Waals surface area contributed by atoms with Gasteiger partial charge in [-0.2, -0.15) is 5.10 Å². The van der Waals surface area contributed by atoms with Gasteiger partial charge in [0.2, 0.25) is 5.91 Å². The Bertz CT molecular complexity index is 760. The maximum Gasteiger partial charge on any atom is 0.223 e. The van der Waals surface area contributed by atoms with Crippen LogP contribution in [0, 0.1) is 6.92 Å². The summed E-state index contributed by atoms with van der Waals surface area (Å²) in [6.45, 7) is 4.14. The lowest BCUT2D eigenvalue weighted by molar-refractivity contribution is -0.139. The first kappa shape index (κ1) is 16.1. The summed E-state index contributed by atoms with van der Waals surface area (Å²) in [5.41, 5.74) is 1.14. The second-order valence-electron chi connectivity index (χ2n) is 6.55. The average molecular weight is 342 g/mol. The zero-order valence-electron chi connectivity index (χ0n) is 14.3. The van der Waals surface area contributed by atoms with Crippen LogP contribution < -0.4 is 4.74 Å². The Morgan fingerprint density at radius 3 is 3.08 bits per heavy atom. The molecule has 0 aliphatic carbocycles. The maximum absolute atomic E-state index is 12.8. The van der Waals surface area contributed by atoms with E-state index in [1.165, 1.54) is 0 Å². The number of hydrogen-bond donors (Lipinski definition) is 1. The second-order valence-corrected chi connectivity index (χ2v) is 6.55. The number of carbonyl (C=O) groups excluding carboxylic acids is 1. The lowest BCUT2D eigenvalue weighted by atomic mass is 9.90. The summed E-state index contributed by atoms with van der Waals surface area (Å²) in [6, 6.07) is 8.00. The van der Waals surface area contributed by atoms with E-state index < -0.39 is 0 Å². The minimum absolute atomic E-state index is 0.155. The van der Waals surface area contributed by atoms with Crippen LogP contribution in [0.25, 0.3) is 0 Å². The van der Waals surface area contributed by atoms with Gasteiger partial charge >= 0.3 is 0 Å². The van der Waals surface area contributed by atoms with Crippen LogP contribution in [0.2, 0.25) is 0 Å². The monoisotopic (exact) mass is 342 g/mol. The van der Waals surface area contributed by atoms with Crippen LogP contribution in [0.3, 0.4) is 0 Å². The molecule has 1 fully saturated rings. The fraction of sp³-hybridized carbons (Fsp3) is 0.500. The standard InChI is InChI=1S/C18H22N4O3/c1-12-19-18(21-20-12)16-11-22(7-9-25-16)17(23)10-13-6-8-24-15-5-3-2-4-14(13)15/h2-5,13,16H,6-11H2,1H3,(H,19,20,21)/t13-,16-/m1/s1. The second kappa shape index (κ2) is 6.84. The van der Waals surface area contributed by atoms with Crippen molar-refractivity contribution < 1.29 is 14.3 Å². The molecule has 0 unspecified atom stereocenters. The van der Waals surface area contributed by atoms with Crippen molar-refractivity contribution in [1.29, 1.82) is 0 Å². The number of H-pyrrole nitrogens is 1. The predicted molar refractivity (Wildman–Crippen MR) is 90.3 cm³/mol. The van der Waals surface area contributed by atoms with E-state index in [4.69, 9.17) is 9.47 Å². The highest BCUT2D eigenvalue weighted by Crippen LogP contribution is 2.36. The van der Waals surface area contributed by atoms with Crippen LogP contribution in [0.4, 0.5) is 0 Å². The number of rotatable bonds is 3. The molecule has 0 bridgehead atoms. The summed E-state index contributed by atoms with van der Waals surface area (Å²) in [6.07, 6.45) is 1.11. The van der Waals surface area contributed by atoms with E-state index in [1.807, 2.05) is 30.0 Å². The van der Waals surface area contributed by atoms with Crippen LogP contribution in [-0.4, -0.2) is 52.3 Å². The first-order chi connectivity index (χ1) is 12.2. The highest BCUT2D eigenvalue weighted by molar-refractivity contribution is 5.77. The molecule has 1 N–H and O–H groups in total. The molecule has 1 amide bonds. The van der Waals surface area contributed by atoms with Crippen molar-refractivity contribution in [2.45, 2.75) is 31.8 Å². The minimum atomic E-state index is -0.260. The van der Waals surface area contributed by atoms with Crippen molar-refractivity contribution in [3.63, 3.8) is 0 Å². The number of ether oxygens (including phenoxy) is 2. The Morgan fingerprint density at radius 2 is 2.24 bits per heavy atom. The SMILES string of the molecule is Cc1nc([C@H]2CN(C(=O)C[C@H]3CCOc4ccccc43)CCO2)n[nH]1. The number of nitrogens with zero attached hydrogens (tertiary/aromatic N) is 3. The number of carbonyl (C=O) groups is 1. The molecule has 7 heteroatoms. The normalized spacial score (nSPS) is 23.0. The third-order valence-electron chi connectivity index (χ3n) is 4.83. The molecule has 1 aromatic carbocycles. The molecule has 2 atom stereocenters. The quantitative estimate of drug-likeness (QED) is 0.922. The third-order valence-corrected chi connectivity index (χ3v) is 4.83. The van der Waals surface area contributed by atoms with Crippen LogP contribution in [0.1, 0.15) is 42.1 Å². The topological polar surface area (TPSA) is 80.3 Å². The lowest BCUT2D eigenvalue weighted by Crippen LogP contribution is -2.43. The fourth-order valence-corrected chi connectivity index (χ4v) is 3.50. The Morgan fingerprint density at radius 1 is 1.36 bits per heavy atom. The average Bonchev–Trinajstić information content (AvgIpc) is 3.09. The van der Waals surface area contributed by atoms with E-state index in [9.17, 15) is 4.79 Å². The fourth-order valence-electron chi connectivity index (χ4n) is 3.50. The smallest absolute Gasteiger partial charge is 0.223 e. The summed E-state index contributed by atoms with van der Waals surface area (Å²) in [4.78, 5) is 19.0. The highest BCUT2D eigenvalue weighted by Gasteiger charge is 2.30. The van der Waals surface area contributed by atoms with Crippen molar-refractivity contribution in [2.75, 3.05) is 26.3 Å². The molecule has 0 saturated carbocycles. The molecule has 25 heavy (non-hydrogen) atoms. The number of benzene rings is 1. The van der Waals surface area contributed by atoms with Gasteiger partial charge in [-0.25, -0.2) is 4.98 Å². The maximum atomic E-state index is 12.8. The number of aryl methyl sites for hydroxylation is 1. The Labute approximate surface area is 146 Å². The lowest BCUT2D eigenvalue weighted by Gasteiger charge is -2.33. The van der Waals surface area contributed by atoms with Crippen LogP contribution >= 0.6 is 0 Å².